The van der Waals surface area contributed by atoms with Crippen LogP contribution in [0, 0.1) is 9.54 Å². The molecule has 0 bridgehead atoms. The van der Waals surface area contributed by atoms with Crippen molar-refractivity contribution in [1.82, 2.24) is 14.9 Å². The molecule has 114 valence electrons. The van der Waals surface area contributed by atoms with E-state index in [2.05, 4.69) is 22.2 Å². The number of H-pyrrole nitrogens is 2. The Labute approximate surface area is 137 Å². The van der Waals surface area contributed by atoms with Crippen LogP contribution >= 0.6 is 24.4 Å². The predicted octanol–water partition coefficient (Wildman–Crippen LogP) is 4.57. The van der Waals surface area contributed by atoms with Gasteiger partial charge in [-0.15, -0.1) is 0 Å². The molecule has 0 aliphatic carbocycles. The molecule has 2 aromatic heterocycles. The van der Waals surface area contributed by atoms with E-state index in [0.29, 0.717) is 9.54 Å². The molecule has 0 aliphatic rings. The van der Waals surface area contributed by atoms with Crippen molar-refractivity contribution in [2.24, 2.45) is 5.10 Å². The van der Waals surface area contributed by atoms with Gasteiger partial charge in [-0.1, -0.05) is 31.5 Å². The molecule has 0 saturated carbocycles. The van der Waals surface area contributed by atoms with Crippen molar-refractivity contribution in [3.63, 3.8) is 0 Å². The summed E-state index contributed by atoms with van der Waals surface area (Å²) < 4.78 is 8.31. The number of aromatic amines is 2. The highest BCUT2D eigenvalue weighted by Gasteiger charge is 2.11. The van der Waals surface area contributed by atoms with E-state index in [-0.39, 0.29) is 0 Å². The summed E-state index contributed by atoms with van der Waals surface area (Å²) in [6.07, 6.45) is 4.84. The van der Waals surface area contributed by atoms with Crippen molar-refractivity contribution in [3.8, 4) is 0 Å². The van der Waals surface area contributed by atoms with E-state index in [9.17, 15) is 0 Å². The molecule has 0 unspecified atom stereocenters. The van der Waals surface area contributed by atoms with Gasteiger partial charge in [0.05, 0.1) is 6.21 Å². The highest BCUT2D eigenvalue weighted by atomic mass is 32.1. The lowest BCUT2D eigenvalue weighted by atomic mass is 10.1. The highest BCUT2D eigenvalue weighted by molar-refractivity contribution is 7.72. The number of hydrogen-bond donors (Lipinski definition) is 2. The van der Waals surface area contributed by atoms with E-state index in [1.54, 1.807) is 6.21 Å². The molecule has 3 aromatic rings. The lowest BCUT2D eigenvalue weighted by molar-refractivity contribution is 0.536. The van der Waals surface area contributed by atoms with Crippen molar-refractivity contribution >= 4 is 41.6 Å². The van der Waals surface area contributed by atoms with Crippen molar-refractivity contribution < 1.29 is 4.42 Å². The second kappa shape index (κ2) is 6.41. The normalized spacial score (nSPS) is 11.7. The summed E-state index contributed by atoms with van der Waals surface area (Å²) in [7, 11) is 0. The quantitative estimate of drug-likeness (QED) is 0.531. The van der Waals surface area contributed by atoms with Crippen LogP contribution in [0.3, 0.4) is 0 Å². The zero-order chi connectivity index (χ0) is 15.5. The molecule has 1 aromatic carbocycles. The Bertz CT molecular complexity index is 901. The first kappa shape index (κ1) is 14.9. The van der Waals surface area contributed by atoms with Crippen LogP contribution < -0.4 is 0 Å². The van der Waals surface area contributed by atoms with Gasteiger partial charge in [0.15, 0.2) is 0 Å². The summed E-state index contributed by atoms with van der Waals surface area (Å²) in [6.45, 7) is 2.16. The Kier molecular flexibility index (Phi) is 4.35. The summed E-state index contributed by atoms with van der Waals surface area (Å²) in [4.78, 5) is 0. The van der Waals surface area contributed by atoms with Crippen LogP contribution in [0.1, 0.15) is 31.1 Å². The van der Waals surface area contributed by atoms with Gasteiger partial charge in [0.2, 0.25) is 9.54 Å². The number of unbranched alkanes of at least 4 members (excludes halogenated alkanes) is 1. The van der Waals surface area contributed by atoms with Crippen molar-refractivity contribution in [1.29, 1.82) is 0 Å². The maximum absolute atomic E-state index is 5.96. The summed E-state index contributed by atoms with van der Waals surface area (Å²) in [5, 5.41) is 11.0. The number of benzene rings is 1. The van der Waals surface area contributed by atoms with Gasteiger partial charge in [0.1, 0.15) is 11.3 Å². The number of para-hydroxylation sites is 1. The fourth-order valence-corrected chi connectivity index (χ4v) is 2.74. The summed E-state index contributed by atoms with van der Waals surface area (Å²) >= 11 is 10.3. The first-order chi connectivity index (χ1) is 10.7. The topological polar surface area (TPSA) is 62.0 Å². The Balaban J connectivity index is 2.08. The molecule has 0 radical (unpaired) electrons. The molecule has 5 nitrogen and oxygen atoms in total. The third-order valence-electron chi connectivity index (χ3n) is 3.43. The van der Waals surface area contributed by atoms with E-state index in [1.807, 2.05) is 24.3 Å². The van der Waals surface area contributed by atoms with Crippen LogP contribution in [0.25, 0.3) is 11.0 Å². The Morgan fingerprint density at radius 3 is 2.68 bits per heavy atom. The molecular formula is C15H16N4OS2. The lowest BCUT2D eigenvalue weighted by Gasteiger charge is -1.97. The molecule has 2 N–H and O–H groups in total. The Morgan fingerprint density at radius 1 is 1.23 bits per heavy atom. The molecule has 0 fully saturated rings. The van der Waals surface area contributed by atoms with Crippen molar-refractivity contribution in [2.75, 3.05) is 0 Å². The molecule has 0 atom stereocenters. The minimum absolute atomic E-state index is 0.434. The van der Waals surface area contributed by atoms with Crippen LogP contribution in [-0.4, -0.2) is 21.1 Å². The largest absolute Gasteiger partial charge is 0.460 e. The highest BCUT2D eigenvalue weighted by Crippen LogP contribution is 2.25. The van der Waals surface area contributed by atoms with Crippen LogP contribution in [0.15, 0.2) is 33.8 Å². The fourth-order valence-electron chi connectivity index (χ4n) is 2.31. The molecular weight excluding hydrogens is 316 g/mol. The van der Waals surface area contributed by atoms with Gasteiger partial charge >= 0.3 is 0 Å². The Hall–Kier alpha value is -1.99. The first-order valence-corrected chi connectivity index (χ1v) is 7.97. The van der Waals surface area contributed by atoms with Gasteiger partial charge in [-0.25, -0.2) is 0 Å². The van der Waals surface area contributed by atoms with Crippen molar-refractivity contribution in [2.45, 2.75) is 26.2 Å². The summed E-state index contributed by atoms with van der Waals surface area (Å²) in [6, 6.07) is 7.96. The SMILES string of the molecule is CCCCc1oc2ccccc2c1/C=N\n1c(=S)[nH][nH]c1=S. The number of nitrogens with one attached hydrogen (secondary N) is 2. The van der Waals surface area contributed by atoms with E-state index in [4.69, 9.17) is 28.9 Å². The summed E-state index contributed by atoms with van der Waals surface area (Å²) in [5.74, 6) is 0.948. The second-order valence-corrected chi connectivity index (χ2v) is 5.73. The van der Waals surface area contributed by atoms with Gasteiger partial charge in [-0.3, -0.25) is 10.2 Å². The van der Waals surface area contributed by atoms with E-state index in [1.165, 1.54) is 4.68 Å². The minimum Gasteiger partial charge on any atom is -0.460 e. The van der Waals surface area contributed by atoms with Gasteiger partial charge in [0.25, 0.3) is 0 Å². The fraction of sp³-hybridized carbons (Fsp3) is 0.267. The van der Waals surface area contributed by atoms with E-state index < -0.39 is 0 Å². The zero-order valence-corrected chi connectivity index (χ0v) is 13.8. The minimum atomic E-state index is 0.434. The third kappa shape index (κ3) is 2.82. The summed E-state index contributed by atoms with van der Waals surface area (Å²) in [5.41, 5.74) is 1.86. The molecule has 0 aliphatic heterocycles. The molecule has 3 rings (SSSR count). The molecule has 0 saturated heterocycles. The molecule has 2 heterocycles. The van der Waals surface area contributed by atoms with E-state index >= 15 is 0 Å². The average molecular weight is 332 g/mol. The number of hydrogen-bond acceptors (Lipinski definition) is 4. The first-order valence-electron chi connectivity index (χ1n) is 7.15. The molecule has 7 heteroatoms. The monoisotopic (exact) mass is 332 g/mol. The number of fused-ring (bicyclic) bond motifs is 1. The molecule has 22 heavy (non-hydrogen) atoms. The number of rotatable bonds is 5. The number of nitrogens with zero attached hydrogens (tertiary/aromatic N) is 2. The van der Waals surface area contributed by atoms with Gasteiger partial charge in [0, 0.05) is 17.4 Å². The van der Waals surface area contributed by atoms with Crippen LogP contribution in [-0.2, 0) is 6.42 Å². The van der Waals surface area contributed by atoms with Crippen LogP contribution in [0.4, 0.5) is 0 Å². The van der Waals surface area contributed by atoms with Crippen LogP contribution in [0.2, 0.25) is 0 Å². The number of aromatic nitrogens is 3. The van der Waals surface area contributed by atoms with Gasteiger partial charge in [-0.05, 0) is 36.9 Å². The van der Waals surface area contributed by atoms with Gasteiger partial charge < -0.3 is 4.42 Å². The van der Waals surface area contributed by atoms with Crippen molar-refractivity contribution in [3.05, 3.63) is 45.1 Å². The molecule has 0 spiro atoms. The lowest BCUT2D eigenvalue weighted by Crippen LogP contribution is -1.94. The standard InChI is InChI=1S/C15H16N4OS2/c1-2-3-7-13-11(10-6-4-5-8-12(10)20-13)9-16-19-14(21)17-18-15(19)22/h4-6,8-9H,2-3,7H2,1H3,(H,17,21)(H,18,22)/b16-9-. The van der Waals surface area contributed by atoms with Gasteiger partial charge in [-0.2, -0.15) is 9.78 Å². The van der Waals surface area contributed by atoms with E-state index in [0.717, 1.165) is 41.6 Å². The zero-order valence-electron chi connectivity index (χ0n) is 12.1. The predicted molar refractivity (Wildman–Crippen MR) is 92.6 cm³/mol. The smallest absolute Gasteiger partial charge is 0.215 e. The average Bonchev–Trinajstić information content (AvgIpc) is 3.04. The Morgan fingerprint density at radius 2 is 1.95 bits per heavy atom. The third-order valence-corrected chi connectivity index (χ3v) is 3.98. The molecule has 0 amide bonds. The number of furan rings is 1. The van der Waals surface area contributed by atoms with Crippen LogP contribution in [0.5, 0.6) is 0 Å². The maximum Gasteiger partial charge on any atom is 0.215 e. The maximum atomic E-state index is 5.96. The number of aryl methyl sites for hydroxylation is 1. The second-order valence-electron chi connectivity index (χ2n) is 4.96.